The van der Waals surface area contributed by atoms with Gasteiger partial charge in [-0.2, -0.15) is 0 Å². The minimum Gasteiger partial charge on any atom is -0.454 e. The molecule has 3 aliphatic heterocycles. The lowest BCUT2D eigenvalue weighted by Crippen LogP contribution is -2.45. The Morgan fingerprint density at radius 2 is 2.00 bits per heavy atom. The van der Waals surface area contributed by atoms with E-state index in [4.69, 9.17) is 31.2 Å². The summed E-state index contributed by atoms with van der Waals surface area (Å²) < 4.78 is 22.2. The molecule has 184 valence electrons. The summed E-state index contributed by atoms with van der Waals surface area (Å²) in [6, 6.07) is 5.64. The molecule has 2 fully saturated rings. The third kappa shape index (κ3) is 5.63. The smallest absolute Gasteiger partial charge is 0.253 e. The van der Waals surface area contributed by atoms with Gasteiger partial charge in [0.2, 0.25) is 6.79 Å². The molecule has 1 unspecified atom stereocenters. The summed E-state index contributed by atoms with van der Waals surface area (Å²) in [5.74, 6) is 1.34. The van der Waals surface area contributed by atoms with Gasteiger partial charge in [0.05, 0.1) is 31.4 Å². The Morgan fingerprint density at radius 1 is 1.18 bits per heavy atom. The van der Waals surface area contributed by atoms with Crippen LogP contribution in [0.1, 0.15) is 24.8 Å². The molecular weight excluding hydrogens is 456 g/mol. The van der Waals surface area contributed by atoms with Gasteiger partial charge in [-0.15, -0.1) is 0 Å². The molecule has 0 saturated carbocycles. The summed E-state index contributed by atoms with van der Waals surface area (Å²) in [6.45, 7) is 7.45. The van der Waals surface area contributed by atoms with Crippen molar-refractivity contribution >= 4 is 28.2 Å². The van der Waals surface area contributed by atoms with Crippen LogP contribution in [0.3, 0.4) is 0 Å². The SMILES string of the molecule is O=c1[nH]c2cc3c(cc2cc1CN(CC1CCCO1)C(=S)NCCCN1CCOCC1)OCO3. The average molecular weight is 489 g/mol. The second-order valence-corrected chi connectivity index (χ2v) is 9.36. The molecule has 0 bridgehead atoms. The van der Waals surface area contributed by atoms with Gasteiger partial charge in [-0.25, -0.2) is 0 Å². The first-order valence-corrected chi connectivity index (χ1v) is 12.5. The van der Waals surface area contributed by atoms with Gasteiger partial charge < -0.3 is 34.1 Å². The summed E-state index contributed by atoms with van der Waals surface area (Å²) in [7, 11) is 0. The van der Waals surface area contributed by atoms with E-state index < -0.39 is 0 Å². The zero-order valence-corrected chi connectivity index (χ0v) is 20.2. The molecule has 2 saturated heterocycles. The van der Waals surface area contributed by atoms with E-state index in [-0.39, 0.29) is 18.5 Å². The van der Waals surface area contributed by atoms with Crippen LogP contribution < -0.4 is 20.3 Å². The number of pyridine rings is 1. The van der Waals surface area contributed by atoms with Gasteiger partial charge >= 0.3 is 0 Å². The highest BCUT2D eigenvalue weighted by Crippen LogP contribution is 2.35. The van der Waals surface area contributed by atoms with Gasteiger partial charge in [0.1, 0.15) is 0 Å². The van der Waals surface area contributed by atoms with Gasteiger partial charge in [-0.1, -0.05) is 0 Å². The highest BCUT2D eigenvalue weighted by atomic mass is 32.1. The first-order valence-electron chi connectivity index (χ1n) is 12.1. The Balaban J connectivity index is 1.26. The molecule has 34 heavy (non-hydrogen) atoms. The van der Waals surface area contributed by atoms with Crippen LogP contribution in [0, 0.1) is 0 Å². The van der Waals surface area contributed by atoms with Crippen LogP contribution in [0.2, 0.25) is 0 Å². The number of hydrogen-bond donors (Lipinski definition) is 2. The van der Waals surface area contributed by atoms with Crippen LogP contribution in [-0.4, -0.2) is 85.3 Å². The van der Waals surface area contributed by atoms with Crippen molar-refractivity contribution in [3.8, 4) is 11.5 Å². The van der Waals surface area contributed by atoms with Crippen LogP contribution in [-0.2, 0) is 16.0 Å². The molecule has 0 radical (unpaired) electrons. The Bertz CT molecular complexity index is 1070. The molecule has 1 aromatic carbocycles. The van der Waals surface area contributed by atoms with Crippen molar-refractivity contribution in [3.63, 3.8) is 0 Å². The lowest BCUT2D eigenvalue weighted by molar-refractivity contribution is 0.0375. The molecule has 9 nitrogen and oxygen atoms in total. The van der Waals surface area contributed by atoms with Crippen LogP contribution >= 0.6 is 12.2 Å². The minimum atomic E-state index is -0.126. The average Bonchev–Trinajstić information content (AvgIpc) is 3.53. The number of hydrogen-bond acceptors (Lipinski definition) is 7. The first-order chi connectivity index (χ1) is 16.7. The summed E-state index contributed by atoms with van der Waals surface area (Å²) >= 11 is 5.76. The topological polar surface area (TPSA) is 88.3 Å². The number of morpholine rings is 1. The predicted octanol–water partition coefficient (Wildman–Crippen LogP) is 1.83. The number of H-pyrrole nitrogens is 1. The van der Waals surface area contributed by atoms with Gasteiger partial charge in [0.25, 0.3) is 5.56 Å². The largest absolute Gasteiger partial charge is 0.454 e. The maximum absolute atomic E-state index is 12.9. The number of thiocarbonyl (C=S) groups is 1. The number of aromatic amines is 1. The quantitative estimate of drug-likeness (QED) is 0.427. The lowest BCUT2D eigenvalue weighted by atomic mass is 10.1. The third-order valence-electron chi connectivity index (χ3n) is 6.54. The Hall–Kier alpha value is -2.40. The highest BCUT2D eigenvalue weighted by molar-refractivity contribution is 7.80. The van der Waals surface area contributed by atoms with E-state index in [2.05, 4.69) is 20.1 Å². The fraction of sp³-hybridized carbons (Fsp3) is 0.583. The van der Waals surface area contributed by atoms with Gasteiger partial charge in [0.15, 0.2) is 16.6 Å². The van der Waals surface area contributed by atoms with E-state index in [1.165, 1.54) is 0 Å². The molecule has 3 aliphatic rings. The number of nitrogens with one attached hydrogen (secondary N) is 2. The van der Waals surface area contributed by atoms with E-state index in [9.17, 15) is 4.79 Å². The number of aromatic nitrogens is 1. The van der Waals surface area contributed by atoms with Crippen LogP contribution in [0.15, 0.2) is 23.0 Å². The second-order valence-electron chi connectivity index (χ2n) is 8.97. The van der Waals surface area contributed by atoms with Crippen molar-refractivity contribution < 1.29 is 18.9 Å². The molecular formula is C24H32N4O5S. The normalized spacial score (nSPS) is 20.1. The van der Waals surface area contributed by atoms with Crippen LogP contribution in [0.25, 0.3) is 10.9 Å². The van der Waals surface area contributed by atoms with Crippen molar-refractivity contribution in [2.45, 2.75) is 31.9 Å². The first kappa shape index (κ1) is 23.3. The standard InChI is InChI=1S/C24H32N4O5S/c29-23-18(11-17-12-21-22(33-16-32-21)13-20(17)26-23)14-28(15-19-3-1-8-31-19)24(34)25-4-2-5-27-6-9-30-10-7-27/h11-13,19H,1-10,14-16H2,(H,25,34)(H,26,29). The molecule has 2 N–H and O–H groups in total. The van der Waals surface area contributed by atoms with Gasteiger partial charge in [-0.3, -0.25) is 9.69 Å². The zero-order chi connectivity index (χ0) is 23.3. The third-order valence-corrected chi connectivity index (χ3v) is 6.94. The number of rotatable bonds is 8. The zero-order valence-electron chi connectivity index (χ0n) is 19.3. The highest BCUT2D eigenvalue weighted by Gasteiger charge is 2.23. The minimum absolute atomic E-state index is 0.126. The Kier molecular flexibility index (Phi) is 7.48. The maximum atomic E-state index is 12.9. The van der Waals surface area contributed by atoms with Crippen molar-refractivity contribution in [2.24, 2.45) is 0 Å². The van der Waals surface area contributed by atoms with Gasteiger partial charge in [0, 0.05) is 49.8 Å². The number of benzene rings is 1. The van der Waals surface area contributed by atoms with Crippen molar-refractivity contribution in [1.82, 2.24) is 20.1 Å². The van der Waals surface area contributed by atoms with E-state index in [0.717, 1.165) is 76.2 Å². The lowest BCUT2D eigenvalue weighted by Gasteiger charge is -2.29. The number of nitrogens with zero attached hydrogens (tertiary/aromatic N) is 2. The van der Waals surface area contributed by atoms with E-state index >= 15 is 0 Å². The molecule has 1 atom stereocenters. The molecule has 2 aromatic rings. The predicted molar refractivity (Wildman–Crippen MR) is 133 cm³/mol. The maximum Gasteiger partial charge on any atom is 0.253 e. The fourth-order valence-corrected chi connectivity index (χ4v) is 4.89. The molecule has 1 aromatic heterocycles. The summed E-state index contributed by atoms with van der Waals surface area (Å²) in [4.78, 5) is 20.4. The molecule has 0 amide bonds. The monoisotopic (exact) mass is 488 g/mol. The molecule has 10 heteroatoms. The second kappa shape index (κ2) is 10.9. The summed E-state index contributed by atoms with van der Waals surface area (Å²) in [5, 5.41) is 4.96. The Labute approximate surface area is 204 Å². The Morgan fingerprint density at radius 3 is 2.79 bits per heavy atom. The summed E-state index contributed by atoms with van der Waals surface area (Å²) in [6.07, 6.45) is 3.19. The van der Waals surface area contributed by atoms with Crippen molar-refractivity contribution in [2.75, 3.05) is 59.3 Å². The van der Waals surface area contributed by atoms with Crippen molar-refractivity contribution in [3.05, 3.63) is 34.1 Å². The number of ether oxygens (including phenoxy) is 4. The van der Waals surface area contributed by atoms with E-state index in [1.807, 2.05) is 18.2 Å². The molecule has 0 aliphatic carbocycles. The number of fused-ring (bicyclic) bond motifs is 2. The van der Waals surface area contributed by atoms with Crippen LogP contribution in [0.4, 0.5) is 0 Å². The molecule has 0 spiro atoms. The van der Waals surface area contributed by atoms with E-state index in [1.54, 1.807) is 0 Å². The van der Waals surface area contributed by atoms with Gasteiger partial charge in [-0.05, 0) is 50.2 Å². The van der Waals surface area contributed by atoms with E-state index in [0.29, 0.717) is 35.3 Å². The fourth-order valence-electron chi connectivity index (χ4n) is 4.65. The van der Waals surface area contributed by atoms with Crippen LogP contribution in [0.5, 0.6) is 11.5 Å². The molecule has 4 heterocycles. The summed E-state index contributed by atoms with van der Waals surface area (Å²) in [5.41, 5.74) is 1.26. The molecule has 5 rings (SSSR count). The van der Waals surface area contributed by atoms with Crippen molar-refractivity contribution in [1.29, 1.82) is 0 Å².